The molecule has 4 unspecified atom stereocenters. The van der Waals surface area contributed by atoms with Crippen LogP contribution in [0.3, 0.4) is 0 Å². The van der Waals surface area contributed by atoms with Crippen LogP contribution in [-0.2, 0) is 99.8 Å². The highest BCUT2D eigenvalue weighted by Crippen LogP contribution is 2.60. The molecule has 4 aromatic carbocycles. The van der Waals surface area contributed by atoms with Crippen LogP contribution in [0.4, 0.5) is 35.1 Å². The van der Waals surface area contributed by atoms with Crippen molar-refractivity contribution in [2.24, 2.45) is 0 Å². The summed E-state index contributed by atoms with van der Waals surface area (Å²) >= 11 is 0. The first-order valence-electron chi connectivity index (χ1n) is 36.0. The first kappa shape index (κ1) is 76.5. The van der Waals surface area contributed by atoms with Crippen molar-refractivity contribution in [1.29, 1.82) is 0 Å². The second kappa shape index (κ2) is 33.1. The van der Waals surface area contributed by atoms with Crippen LogP contribution in [-0.4, -0.2) is 133 Å². The fourth-order valence-corrected chi connectivity index (χ4v) is 16.0. The number of hydrogen-bond acceptors (Lipinski definition) is 32. The van der Waals surface area contributed by atoms with Gasteiger partial charge in [0.2, 0.25) is 46.7 Å². The number of aliphatic hydroxyl groups is 4. The number of phosphoric ester groups is 4. The van der Waals surface area contributed by atoms with Gasteiger partial charge in [0.1, 0.15) is 73.7 Å². The van der Waals surface area contributed by atoms with E-state index in [4.69, 9.17) is 81.5 Å². The minimum absolute atomic E-state index is 0.0395. The number of nitrogens with one attached hydrogen (secondary N) is 4. The van der Waals surface area contributed by atoms with Crippen LogP contribution in [0.25, 0.3) is 0 Å². The molecule has 8 aliphatic rings. The Kier molecular flexibility index (Phi) is 21.8. The van der Waals surface area contributed by atoms with E-state index in [2.05, 4.69) is 0 Å². The van der Waals surface area contributed by atoms with Gasteiger partial charge in [-0.1, -0.05) is 72.8 Å². The van der Waals surface area contributed by atoms with E-state index in [-0.39, 0.29) is 64.8 Å². The van der Waals surface area contributed by atoms with E-state index >= 15 is 17.6 Å². The van der Waals surface area contributed by atoms with Crippen LogP contribution in [0.1, 0.15) is 81.0 Å². The highest BCUT2D eigenvalue weighted by atomic mass is 31.2. The molecule has 8 aliphatic heterocycles. The number of ether oxygens (including phenoxy) is 4. The number of benzene rings is 4. The normalized spacial score (nSPS) is 33.6. The summed E-state index contributed by atoms with van der Waals surface area (Å²) < 4.78 is 294. The average Bonchev–Trinajstić information content (AvgIpc) is 1.57. The maximum absolute atomic E-state index is 15.5. The molecule has 4 saturated heterocycles. The molecule has 8 N–H and O–H groups in total. The number of phosphoric acid groups is 4. The number of H-pyrrole nitrogens is 4. The van der Waals surface area contributed by atoms with Crippen LogP contribution in [0, 0.1) is 23.3 Å². The lowest BCUT2D eigenvalue weighted by Gasteiger charge is -2.27. The maximum atomic E-state index is 15.5. The van der Waals surface area contributed by atoms with Gasteiger partial charge in [-0.15, -0.1) is 0 Å². The third-order valence-corrected chi connectivity index (χ3v) is 21.8. The number of fused-ring (bicyclic) bond motifs is 4. The summed E-state index contributed by atoms with van der Waals surface area (Å²) in [5.74, 6) is -17.8. The van der Waals surface area contributed by atoms with Crippen LogP contribution in [0.5, 0.6) is 23.0 Å². The molecular formula is C64H60F8N8O32P4. The molecule has 16 rings (SSSR count). The Balaban J connectivity index is 0.000000140. The van der Waals surface area contributed by atoms with Gasteiger partial charge in [0, 0.05) is 47.9 Å². The quantitative estimate of drug-likeness (QED) is 0.0442. The van der Waals surface area contributed by atoms with Crippen molar-refractivity contribution in [3.63, 3.8) is 0 Å². The topological polar surface area (TPSA) is 516 Å². The Morgan fingerprint density at radius 2 is 0.638 bits per heavy atom. The van der Waals surface area contributed by atoms with E-state index in [0.29, 0.717) is 50.0 Å². The van der Waals surface area contributed by atoms with Gasteiger partial charge >= 0.3 is 54.0 Å². The van der Waals surface area contributed by atoms with E-state index in [0.717, 1.165) is 0 Å². The summed E-state index contributed by atoms with van der Waals surface area (Å²) in [5.41, 5.74) is -8.27. The zero-order valence-corrected chi connectivity index (χ0v) is 61.5. The lowest BCUT2D eigenvalue weighted by atomic mass is 10.2. The lowest BCUT2D eigenvalue weighted by molar-refractivity contribution is -0.179. The highest BCUT2D eigenvalue weighted by Gasteiger charge is 2.55. The van der Waals surface area contributed by atoms with Gasteiger partial charge < -0.3 is 57.5 Å². The van der Waals surface area contributed by atoms with Crippen molar-refractivity contribution in [2.45, 2.75) is 125 Å². The van der Waals surface area contributed by atoms with Crippen molar-refractivity contribution in [1.82, 2.24) is 38.2 Å². The third-order valence-electron chi connectivity index (χ3n) is 16.8. The number of hydrogen-bond donors (Lipinski definition) is 8. The van der Waals surface area contributed by atoms with E-state index < -0.39 is 224 Å². The molecule has 0 bridgehead atoms. The van der Waals surface area contributed by atoms with Gasteiger partial charge in [-0.05, 0) is 24.3 Å². The summed E-state index contributed by atoms with van der Waals surface area (Å²) in [6.45, 7) is -9.97. The van der Waals surface area contributed by atoms with Crippen molar-refractivity contribution in [2.75, 3.05) is 26.3 Å². The van der Waals surface area contributed by atoms with Crippen LogP contribution in [0.15, 0.2) is 160 Å². The van der Waals surface area contributed by atoms with E-state index in [9.17, 15) is 94.6 Å². The maximum Gasteiger partial charge on any atom is 0.530 e. The number of alkyl halides is 4. The summed E-state index contributed by atoms with van der Waals surface area (Å²) in [5, 5.41) is 40.5. The van der Waals surface area contributed by atoms with Gasteiger partial charge in [-0.2, -0.15) is 17.6 Å². The molecule has 0 radical (unpaired) electrons. The fourth-order valence-electron chi connectivity index (χ4n) is 11.3. The minimum atomic E-state index is -4.73. The third kappa shape index (κ3) is 19.0. The number of halogens is 8. The van der Waals surface area contributed by atoms with E-state index in [1.807, 2.05) is 0 Å². The molecule has 52 heteroatoms. The average molecular weight is 1740 g/mol. The molecule has 0 spiro atoms. The van der Waals surface area contributed by atoms with Gasteiger partial charge in [0.05, 0.1) is 59.4 Å². The Morgan fingerprint density at radius 1 is 0.388 bits per heavy atom. The highest BCUT2D eigenvalue weighted by molar-refractivity contribution is 7.49. The first-order valence-corrected chi connectivity index (χ1v) is 38.9. The lowest BCUT2D eigenvalue weighted by Crippen LogP contribution is -2.37. The Hall–Kier alpha value is -9.48. The molecular weight excluding hydrogens is 1670 g/mol. The Morgan fingerprint density at radius 3 is 0.983 bits per heavy atom. The molecule has 16 atom stereocenters. The number of rotatable bonds is 16. The summed E-state index contributed by atoms with van der Waals surface area (Å²) in [7, 11) is -17.8. The predicted molar refractivity (Wildman–Crippen MR) is 365 cm³/mol. The van der Waals surface area contributed by atoms with Crippen molar-refractivity contribution >= 4 is 31.3 Å². The molecule has 0 aliphatic carbocycles. The van der Waals surface area contributed by atoms with E-state index in [1.165, 1.54) is 29.2 Å². The number of aromatic amines is 4. The molecule has 624 valence electrons. The molecule has 12 heterocycles. The molecule has 116 heavy (non-hydrogen) atoms. The smallest absolute Gasteiger partial charge is 0.404 e. The molecule has 0 amide bonds. The van der Waals surface area contributed by atoms with Crippen molar-refractivity contribution in [3.8, 4) is 23.0 Å². The molecule has 8 aromatic rings. The number of aromatic nitrogens is 8. The molecule has 40 nitrogen and oxygen atoms in total. The van der Waals surface area contributed by atoms with Crippen molar-refractivity contribution < 1.29 is 155 Å². The minimum Gasteiger partial charge on any atom is -0.404 e. The predicted octanol–water partition coefficient (Wildman–Crippen LogP) is 5.42. The van der Waals surface area contributed by atoms with Gasteiger partial charge in [0.15, 0.2) is 24.9 Å². The molecule has 4 aromatic heterocycles. The zero-order valence-electron chi connectivity index (χ0n) is 63.9. The van der Waals surface area contributed by atoms with Gasteiger partial charge in [-0.25, -0.2) is 55.0 Å². The largest absolute Gasteiger partial charge is 0.530 e. The number of nitrogens with zero attached hydrogens (tertiary/aromatic N) is 4. The number of aliphatic hydroxyl groups excluding tert-OH is 4. The molecule has 4 fully saturated rings. The van der Waals surface area contributed by atoms with E-state index in [1.54, 1.807) is 87.7 Å². The standard InChI is InChI=1S/4C16H15F2N2O8P/c4*17-10-6-20(15(23)19-13(10)22)14-11(21)5-16(18,27-14)8-26-29(24)25-7-9-3-1-2-4-12(9)28-29/h4*1-4,6,11,14,21H,5,7-8H2,(H,19,22,23)/t4*11-,14-,16+,29?/m1111/s1/i8D2,14D;14D;8D2;. The van der Waals surface area contributed by atoms with Gasteiger partial charge in [0.25, 0.3) is 22.2 Å². The van der Waals surface area contributed by atoms with Crippen LogP contribution < -0.4 is 63.1 Å². The molecule has 0 saturated carbocycles. The fraction of sp³-hybridized carbons (Fsp3) is 0.375. The number of para-hydroxylation sites is 4. The SMILES string of the molecule is O=c1[nH]c(=O)n([C@@H]2O[C@](F)(COP3(=O)OCc4ccccc4O3)C[C@H]2O)cc1F.[2H]C([2H])(OP1(=O)OCc2ccccc2O1)[C@]1(F)C[C@@H](O)[C@H](n2cc(F)c(=O)[nH]c2=O)O1.[2H]C([2H])(OP1(=O)OCc2ccccc2O1)[C@]1(F)C[C@@H](O)[C@]([2H])(n2cc(F)c(=O)[nH]c2=O)O1.[2H][C@@]1(n2cc(F)c(=O)[nH]c2=O)O[C@](F)(COP2(=O)OCc3ccccc3O2)C[C@H]1O. The summed E-state index contributed by atoms with van der Waals surface area (Å²) in [4.78, 5) is 98.6. The second-order valence-electron chi connectivity index (χ2n) is 25.2. The summed E-state index contributed by atoms with van der Waals surface area (Å²) in [6, 6.07) is 25.5. The second-order valence-corrected chi connectivity index (χ2v) is 31.4. The van der Waals surface area contributed by atoms with Crippen LogP contribution >= 0.6 is 31.3 Å². The summed E-state index contributed by atoms with van der Waals surface area (Å²) in [6.07, 6.45) is -19.7. The van der Waals surface area contributed by atoms with Gasteiger partial charge in [-0.3, -0.25) is 93.6 Å². The first-order chi connectivity index (χ1) is 56.9. The Labute approximate surface area is 647 Å². The monoisotopic (exact) mass is 1730 g/mol. The van der Waals surface area contributed by atoms with Crippen molar-refractivity contribution in [3.05, 3.63) is 251 Å². The zero-order chi connectivity index (χ0) is 88.7. The van der Waals surface area contributed by atoms with Crippen LogP contribution in [0.2, 0.25) is 0 Å². The Bertz CT molecular complexity index is 6150.